The Morgan fingerprint density at radius 1 is 0.587 bits per heavy atom. The predicted molar refractivity (Wildman–Crippen MR) is 176 cm³/mol. The van der Waals surface area contributed by atoms with Gasteiger partial charge in [-0.15, -0.1) is 0 Å². The lowest BCUT2D eigenvalue weighted by Crippen LogP contribution is -2.70. The van der Waals surface area contributed by atoms with E-state index >= 15 is 0 Å². The molecule has 8 heteroatoms. The van der Waals surface area contributed by atoms with Gasteiger partial charge in [-0.05, 0) is 28.7 Å². The minimum Gasteiger partial charge on any atom is -0.395 e. The summed E-state index contributed by atoms with van der Waals surface area (Å²) in [5, 5.41) is 35.9. The highest BCUT2D eigenvalue weighted by molar-refractivity contribution is 5.18. The number of ether oxygens (including phenoxy) is 4. The van der Waals surface area contributed by atoms with E-state index in [1.165, 1.54) is 0 Å². The van der Waals surface area contributed by atoms with Crippen molar-refractivity contribution in [1.29, 1.82) is 0 Å². The molecule has 0 radical (unpaired) electrons. The largest absolute Gasteiger partial charge is 0.395 e. The van der Waals surface area contributed by atoms with Crippen LogP contribution < -0.4 is 5.32 Å². The van der Waals surface area contributed by atoms with Crippen LogP contribution in [0.4, 0.5) is 0 Å². The lowest BCUT2D eigenvalue weighted by molar-refractivity contribution is -0.256. The summed E-state index contributed by atoms with van der Waals surface area (Å²) in [6.07, 6.45) is -2.03. The molecule has 244 valence electrons. The fourth-order valence-corrected chi connectivity index (χ4v) is 5.94. The van der Waals surface area contributed by atoms with Gasteiger partial charge < -0.3 is 39.6 Å². The Labute approximate surface area is 271 Å². The Kier molecular flexibility index (Phi) is 12.9. The van der Waals surface area contributed by atoms with Crippen molar-refractivity contribution in [1.82, 2.24) is 5.32 Å². The van der Waals surface area contributed by atoms with Gasteiger partial charge in [0, 0.05) is 6.04 Å². The van der Waals surface area contributed by atoms with Gasteiger partial charge in [-0.3, -0.25) is 0 Å². The Bertz CT molecular complexity index is 1390. The summed E-state index contributed by atoms with van der Waals surface area (Å²) in [6.45, 7) is 0.517. The molecule has 1 fully saturated rings. The summed E-state index contributed by atoms with van der Waals surface area (Å²) >= 11 is 0. The molecule has 4 N–H and O–H groups in total. The van der Waals surface area contributed by atoms with Crippen LogP contribution >= 0.6 is 0 Å². The average molecular weight is 628 g/mol. The molecule has 0 saturated heterocycles. The fourth-order valence-electron chi connectivity index (χ4n) is 5.94. The van der Waals surface area contributed by atoms with Crippen molar-refractivity contribution in [3.63, 3.8) is 0 Å². The average Bonchev–Trinajstić information content (AvgIpc) is 3.10. The first-order valence-electron chi connectivity index (χ1n) is 15.9. The van der Waals surface area contributed by atoms with Gasteiger partial charge in [-0.2, -0.15) is 0 Å². The molecule has 4 aromatic carbocycles. The molecule has 1 aliphatic carbocycles. The summed E-state index contributed by atoms with van der Waals surface area (Å²) in [7, 11) is 0. The Morgan fingerprint density at radius 2 is 1.00 bits per heavy atom. The first-order valence-corrected chi connectivity index (χ1v) is 15.9. The molecule has 0 aromatic heterocycles. The molecule has 5 rings (SSSR count). The van der Waals surface area contributed by atoms with Crippen LogP contribution in [0.15, 0.2) is 121 Å². The van der Waals surface area contributed by atoms with Crippen molar-refractivity contribution >= 4 is 0 Å². The van der Waals surface area contributed by atoms with Gasteiger partial charge in [0.15, 0.2) is 0 Å². The topological polar surface area (TPSA) is 110 Å². The zero-order valence-electron chi connectivity index (χ0n) is 26.1. The number of aliphatic hydroxyl groups excluding tert-OH is 2. The zero-order valence-corrected chi connectivity index (χ0v) is 26.1. The smallest absolute Gasteiger partial charge is 0.118 e. The number of aliphatic hydroxyl groups is 3. The van der Waals surface area contributed by atoms with Crippen LogP contribution in [-0.4, -0.2) is 71.1 Å². The standard InChI is InChI=1S/C38H45NO7/c40-22-33(23-41)39-34-21-38(42,28-43-24-29-13-5-1-6-14-29)37(46-27-32-19-11-4-12-20-32)36(45-26-31-17-9-3-10-18-31)35(34)44-25-30-15-7-2-8-16-30/h1-20,33-37,39-42H,21-28H2/t34-,35+,36+,37-,38-/m0/s1. The maximum Gasteiger partial charge on any atom is 0.118 e. The third-order valence-electron chi connectivity index (χ3n) is 8.32. The van der Waals surface area contributed by atoms with Crippen molar-refractivity contribution in [2.75, 3.05) is 19.8 Å². The molecule has 0 bridgehead atoms. The normalized spacial score (nSPS) is 23.0. The van der Waals surface area contributed by atoms with Crippen LogP contribution in [0.5, 0.6) is 0 Å². The highest BCUT2D eigenvalue weighted by atomic mass is 16.6. The summed E-state index contributed by atoms with van der Waals surface area (Å²) in [5.41, 5.74) is 2.38. The molecule has 0 aliphatic heterocycles. The number of nitrogens with one attached hydrogen (secondary N) is 1. The van der Waals surface area contributed by atoms with Crippen molar-refractivity contribution in [3.8, 4) is 0 Å². The first-order chi connectivity index (χ1) is 22.6. The second kappa shape index (κ2) is 17.5. The van der Waals surface area contributed by atoms with E-state index in [0.29, 0.717) is 13.2 Å². The lowest BCUT2D eigenvalue weighted by Gasteiger charge is -2.51. The molecule has 0 amide bonds. The summed E-state index contributed by atoms with van der Waals surface area (Å²) in [5.74, 6) is 0. The minimum atomic E-state index is -1.51. The van der Waals surface area contributed by atoms with Gasteiger partial charge >= 0.3 is 0 Å². The molecule has 0 heterocycles. The van der Waals surface area contributed by atoms with E-state index < -0.39 is 36.0 Å². The second-order valence-corrected chi connectivity index (χ2v) is 11.9. The van der Waals surface area contributed by atoms with Gasteiger partial charge in [-0.1, -0.05) is 121 Å². The van der Waals surface area contributed by atoms with Gasteiger partial charge in [0.25, 0.3) is 0 Å². The van der Waals surface area contributed by atoms with Gasteiger partial charge in [0.2, 0.25) is 0 Å². The van der Waals surface area contributed by atoms with Crippen molar-refractivity contribution in [3.05, 3.63) is 144 Å². The summed E-state index contributed by atoms with van der Waals surface area (Å²) in [6, 6.07) is 38.2. The van der Waals surface area contributed by atoms with Crippen molar-refractivity contribution < 1.29 is 34.3 Å². The summed E-state index contributed by atoms with van der Waals surface area (Å²) in [4.78, 5) is 0. The number of benzene rings is 4. The van der Waals surface area contributed by atoms with E-state index in [-0.39, 0.29) is 39.5 Å². The van der Waals surface area contributed by atoms with Crippen LogP contribution in [0.2, 0.25) is 0 Å². The SMILES string of the molecule is OCC(CO)N[C@H]1C[C@](O)(COCc2ccccc2)[C@@H](OCc2ccccc2)[C@H](OCc2ccccc2)[C@@H]1OCc1ccccc1. The highest BCUT2D eigenvalue weighted by Gasteiger charge is 2.55. The predicted octanol–water partition coefficient (Wildman–Crippen LogP) is 4.41. The van der Waals surface area contributed by atoms with Crippen LogP contribution in [-0.2, 0) is 45.4 Å². The highest BCUT2D eigenvalue weighted by Crippen LogP contribution is 2.37. The van der Waals surface area contributed by atoms with E-state index in [1.807, 2.05) is 121 Å². The molecule has 46 heavy (non-hydrogen) atoms. The Hall–Kier alpha value is -3.44. The maximum atomic E-state index is 12.5. The van der Waals surface area contributed by atoms with E-state index in [9.17, 15) is 15.3 Å². The molecule has 5 atom stereocenters. The van der Waals surface area contributed by atoms with Crippen LogP contribution in [0.3, 0.4) is 0 Å². The zero-order chi connectivity index (χ0) is 32.0. The number of hydrogen-bond acceptors (Lipinski definition) is 8. The van der Waals surface area contributed by atoms with Crippen molar-refractivity contribution in [2.45, 2.75) is 68.8 Å². The summed E-state index contributed by atoms with van der Waals surface area (Å²) < 4.78 is 26.1. The fraction of sp³-hybridized carbons (Fsp3) is 0.368. The Morgan fingerprint density at radius 3 is 1.46 bits per heavy atom. The molecule has 8 nitrogen and oxygen atoms in total. The molecule has 1 aliphatic rings. The third-order valence-corrected chi connectivity index (χ3v) is 8.32. The number of hydrogen-bond donors (Lipinski definition) is 4. The van der Waals surface area contributed by atoms with Crippen LogP contribution in [0.25, 0.3) is 0 Å². The third kappa shape index (κ3) is 9.54. The Balaban J connectivity index is 1.48. The van der Waals surface area contributed by atoms with Gasteiger partial charge in [0.05, 0.1) is 52.3 Å². The van der Waals surface area contributed by atoms with Gasteiger partial charge in [0.1, 0.15) is 23.9 Å². The van der Waals surface area contributed by atoms with Crippen LogP contribution in [0, 0.1) is 0 Å². The van der Waals surface area contributed by atoms with Crippen molar-refractivity contribution in [2.24, 2.45) is 0 Å². The maximum absolute atomic E-state index is 12.5. The molecule has 4 aromatic rings. The molecule has 0 unspecified atom stereocenters. The molecular formula is C38H45NO7. The lowest BCUT2D eigenvalue weighted by atomic mass is 9.75. The van der Waals surface area contributed by atoms with E-state index in [0.717, 1.165) is 22.3 Å². The first kappa shape index (κ1) is 33.9. The monoisotopic (exact) mass is 627 g/mol. The number of rotatable bonds is 17. The van der Waals surface area contributed by atoms with Gasteiger partial charge in [-0.25, -0.2) is 0 Å². The minimum absolute atomic E-state index is 0.0287. The molecule has 1 saturated carbocycles. The van der Waals surface area contributed by atoms with E-state index in [4.69, 9.17) is 18.9 Å². The second-order valence-electron chi connectivity index (χ2n) is 11.9. The quantitative estimate of drug-likeness (QED) is 0.136. The van der Waals surface area contributed by atoms with E-state index in [1.54, 1.807) is 0 Å². The molecular weight excluding hydrogens is 582 g/mol. The molecule has 0 spiro atoms. The van der Waals surface area contributed by atoms with E-state index in [2.05, 4.69) is 5.32 Å². The van der Waals surface area contributed by atoms with Crippen LogP contribution in [0.1, 0.15) is 28.7 Å².